The van der Waals surface area contributed by atoms with Crippen LogP contribution in [0.3, 0.4) is 0 Å². The van der Waals surface area contributed by atoms with E-state index in [0.717, 1.165) is 0 Å². The summed E-state index contributed by atoms with van der Waals surface area (Å²) in [4.78, 5) is 37.8. The van der Waals surface area contributed by atoms with Crippen molar-refractivity contribution < 1.29 is 18.7 Å². The minimum atomic E-state index is -1.08. The number of nitrogens with zero attached hydrogens (tertiary/aromatic N) is 1. The number of ketones is 1. The number of carbonyl (C=O) groups is 2. The Kier molecular flexibility index (Phi) is 6.00. The van der Waals surface area contributed by atoms with Gasteiger partial charge in [0.05, 0.1) is 11.9 Å². The summed E-state index contributed by atoms with van der Waals surface area (Å²) >= 11 is 5.93. The molecular weight excluding hydrogens is 418 g/mol. The van der Waals surface area contributed by atoms with Crippen LogP contribution in [0.2, 0.25) is 5.02 Å². The molecule has 0 bridgehead atoms. The topological polar surface area (TPSA) is 78.5 Å². The number of fused-ring (bicyclic) bond motifs is 1. The van der Waals surface area contributed by atoms with Crippen LogP contribution in [0, 0.1) is 0 Å². The van der Waals surface area contributed by atoms with E-state index in [4.69, 9.17) is 20.8 Å². The number of halogens is 1. The number of aryl methyl sites for hydroxylation is 1. The van der Waals surface area contributed by atoms with Crippen molar-refractivity contribution >= 4 is 34.5 Å². The summed E-state index contributed by atoms with van der Waals surface area (Å²) in [5.74, 6) is -1.51. The Bertz CT molecular complexity index is 1280. The van der Waals surface area contributed by atoms with Crippen LogP contribution in [-0.4, -0.2) is 16.3 Å². The number of Topliss-reactive ketones (excluding diaryl/α,β-unsaturated/α-hetero) is 1. The highest BCUT2D eigenvalue weighted by Crippen LogP contribution is 2.24. The molecule has 0 radical (unpaired) electrons. The maximum absolute atomic E-state index is 13.0. The lowest BCUT2D eigenvalue weighted by Gasteiger charge is -2.17. The molecule has 3 aromatic carbocycles. The average molecular weight is 436 g/mol. The van der Waals surface area contributed by atoms with Gasteiger partial charge in [-0.25, -0.2) is 4.79 Å². The van der Waals surface area contributed by atoms with Crippen LogP contribution < -0.4 is 5.76 Å². The first-order chi connectivity index (χ1) is 15.0. The van der Waals surface area contributed by atoms with Gasteiger partial charge >= 0.3 is 11.7 Å². The van der Waals surface area contributed by atoms with Gasteiger partial charge in [0.1, 0.15) is 0 Å². The fourth-order valence-corrected chi connectivity index (χ4v) is 3.46. The summed E-state index contributed by atoms with van der Waals surface area (Å²) in [6.45, 7) is 0.0489. The van der Waals surface area contributed by atoms with E-state index in [9.17, 15) is 14.4 Å². The number of esters is 1. The molecule has 1 aromatic heterocycles. The van der Waals surface area contributed by atoms with E-state index in [1.165, 1.54) is 10.6 Å². The maximum atomic E-state index is 13.0. The third-order valence-electron chi connectivity index (χ3n) is 4.82. The second-order valence-electron chi connectivity index (χ2n) is 6.89. The Balaban J connectivity index is 1.53. The highest BCUT2D eigenvalue weighted by Gasteiger charge is 2.26. The number of oxazole rings is 1. The smallest absolute Gasteiger partial charge is 0.419 e. The number of aromatic nitrogens is 1. The van der Waals surface area contributed by atoms with Crippen LogP contribution in [0.15, 0.2) is 88.1 Å². The van der Waals surface area contributed by atoms with E-state index in [1.54, 1.807) is 66.7 Å². The van der Waals surface area contributed by atoms with Crippen LogP contribution in [0.5, 0.6) is 0 Å². The number of ether oxygens (including phenoxy) is 1. The summed E-state index contributed by atoms with van der Waals surface area (Å²) in [6.07, 6.45) is -1.18. The van der Waals surface area contributed by atoms with Gasteiger partial charge in [-0.15, -0.1) is 0 Å². The van der Waals surface area contributed by atoms with Crippen molar-refractivity contribution in [1.82, 2.24) is 4.57 Å². The van der Waals surface area contributed by atoms with Gasteiger partial charge < -0.3 is 9.15 Å². The van der Waals surface area contributed by atoms with Crippen molar-refractivity contribution in [1.29, 1.82) is 0 Å². The minimum Gasteiger partial charge on any atom is -0.449 e. The summed E-state index contributed by atoms with van der Waals surface area (Å²) in [5.41, 5.74) is 1.89. The molecule has 0 aliphatic rings. The highest BCUT2D eigenvalue weighted by atomic mass is 35.5. The number of rotatable bonds is 7. The van der Waals surface area contributed by atoms with Crippen molar-refractivity contribution in [2.45, 2.75) is 19.1 Å². The zero-order valence-electron chi connectivity index (χ0n) is 16.4. The molecule has 6 nitrogen and oxygen atoms in total. The molecule has 0 saturated carbocycles. The van der Waals surface area contributed by atoms with Crippen molar-refractivity contribution in [3.8, 4) is 0 Å². The highest BCUT2D eigenvalue weighted by molar-refractivity contribution is 6.31. The molecule has 1 heterocycles. The lowest BCUT2D eigenvalue weighted by atomic mass is 10.00. The molecule has 1 atom stereocenters. The molecular formula is C24H18ClNO5. The van der Waals surface area contributed by atoms with E-state index >= 15 is 0 Å². The van der Waals surface area contributed by atoms with Gasteiger partial charge in [-0.05, 0) is 12.1 Å². The monoisotopic (exact) mass is 435 g/mol. The van der Waals surface area contributed by atoms with E-state index in [2.05, 4.69) is 0 Å². The Morgan fingerprint density at radius 1 is 0.968 bits per heavy atom. The molecule has 0 N–H and O–H groups in total. The van der Waals surface area contributed by atoms with Crippen LogP contribution in [0.25, 0.3) is 11.1 Å². The third kappa shape index (κ3) is 4.59. The van der Waals surface area contributed by atoms with Gasteiger partial charge in [-0.1, -0.05) is 72.3 Å². The Labute approximate surface area is 182 Å². The third-order valence-corrected chi connectivity index (χ3v) is 5.05. The van der Waals surface area contributed by atoms with Crippen molar-refractivity contribution in [2.75, 3.05) is 0 Å². The lowest BCUT2D eigenvalue weighted by Crippen LogP contribution is -2.22. The molecule has 4 aromatic rings. The molecule has 0 fully saturated rings. The predicted molar refractivity (Wildman–Crippen MR) is 116 cm³/mol. The second-order valence-corrected chi connectivity index (χ2v) is 7.33. The molecule has 1 unspecified atom stereocenters. The normalized spacial score (nSPS) is 11.9. The second kappa shape index (κ2) is 9.02. The first kappa shape index (κ1) is 20.6. The fourth-order valence-electron chi connectivity index (χ4n) is 3.30. The molecule has 156 valence electrons. The largest absolute Gasteiger partial charge is 0.449 e. The van der Waals surface area contributed by atoms with Gasteiger partial charge in [0, 0.05) is 28.8 Å². The van der Waals surface area contributed by atoms with Crippen molar-refractivity contribution in [3.05, 3.63) is 106 Å². The van der Waals surface area contributed by atoms with E-state index in [0.29, 0.717) is 27.2 Å². The van der Waals surface area contributed by atoms with Gasteiger partial charge in [-0.3, -0.25) is 14.2 Å². The van der Waals surface area contributed by atoms with Gasteiger partial charge in [-0.2, -0.15) is 0 Å². The molecule has 0 saturated heterocycles. The predicted octanol–water partition coefficient (Wildman–Crippen LogP) is 4.81. The van der Waals surface area contributed by atoms with Crippen LogP contribution in [-0.2, 0) is 16.1 Å². The maximum Gasteiger partial charge on any atom is 0.419 e. The number of hydrogen-bond acceptors (Lipinski definition) is 5. The molecule has 31 heavy (non-hydrogen) atoms. The Hall–Kier alpha value is -3.64. The quantitative estimate of drug-likeness (QED) is 0.307. The average Bonchev–Trinajstić information content (AvgIpc) is 3.10. The van der Waals surface area contributed by atoms with E-state index in [-0.39, 0.29) is 18.7 Å². The molecule has 4 rings (SSSR count). The SMILES string of the molecule is O=C(CCn1c(=O)oc2cc(Cl)ccc21)OC(C(=O)c1ccccc1)c1ccccc1. The van der Waals surface area contributed by atoms with Gasteiger partial charge in [0.2, 0.25) is 5.78 Å². The van der Waals surface area contributed by atoms with Crippen molar-refractivity contribution in [2.24, 2.45) is 0 Å². The summed E-state index contributed by atoms with van der Waals surface area (Å²) in [6, 6.07) is 22.3. The molecule has 0 aliphatic carbocycles. The zero-order chi connectivity index (χ0) is 21.8. The summed E-state index contributed by atoms with van der Waals surface area (Å²) < 4.78 is 12.1. The van der Waals surface area contributed by atoms with Crippen LogP contribution in [0.4, 0.5) is 0 Å². The standard InChI is InChI=1S/C24H18ClNO5/c25-18-11-12-19-20(15-18)30-24(29)26(19)14-13-21(27)31-23(17-9-5-2-6-10-17)22(28)16-7-3-1-4-8-16/h1-12,15,23H,13-14H2. The zero-order valence-corrected chi connectivity index (χ0v) is 17.1. The van der Waals surface area contributed by atoms with Gasteiger partial charge in [0.25, 0.3) is 0 Å². The fraction of sp³-hybridized carbons (Fsp3) is 0.125. The molecule has 7 heteroatoms. The minimum absolute atomic E-state index is 0.0489. The number of hydrogen-bond donors (Lipinski definition) is 0. The first-order valence-electron chi connectivity index (χ1n) is 9.65. The molecule has 0 amide bonds. The number of carbonyl (C=O) groups excluding carboxylic acids is 2. The Morgan fingerprint density at radius 3 is 2.35 bits per heavy atom. The van der Waals surface area contributed by atoms with Crippen LogP contribution in [0.1, 0.15) is 28.4 Å². The number of benzene rings is 3. The first-order valence-corrected chi connectivity index (χ1v) is 10.0. The van der Waals surface area contributed by atoms with Gasteiger partial charge in [0.15, 0.2) is 11.7 Å². The van der Waals surface area contributed by atoms with Crippen LogP contribution >= 0.6 is 11.6 Å². The Morgan fingerprint density at radius 2 is 1.65 bits per heavy atom. The van der Waals surface area contributed by atoms with Crippen molar-refractivity contribution in [3.63, 3.8) is 0 Å². The van der Waals surface area contributed by atoms with E-state index < -0.39 is 17.8 Å². The molecule has 0 spiro atoms. The molecule has 0 aliphatic heterocycles. The summed E-state index contributed by atoms with van der Waals surface area (Å²) in [5, 5.41) is 0.443. The summed E-state index contributed by atoms with van der Waals surface area (Å²) in [7, 11) is 0. The van der Waals surface area contributed by atoms with E-state index in [1.807, 2.05) is 6.07 Å². The lowest BCUT2D eigenvalue weighted by molar-refractivity contribution is -0.147.